The van der Waals surface area contributed by atoms with Gasteiger partial charge in [-0.1, -0.05) is 13.8 Å². The number of carbonyl (C=O) groups is 1. The maximum absolute atomic E-state index is 11.9. The van der Waals surface area contributed by atoms with Crippen molar-refractivity contribution in [3.63, 3.8) is 0 Å². The Morgan fingerprint density at radius 1 is 1.24 bits per heavy atom. The van der Waals surface area contributed by atoms with E-state index in [1.165, 1.54) is 0 Å². The van der Waals surface area contributed by atoms with Crippen LogP contribution in [0.4, 0.5) is 0 Å². The van der Waals surface area contributed by atoms with Crippen molar-refractivity contribution in [1.82, 2.24) is 5.43 Å². The van der Waals surface area contributed by atoms with Crippen LogP contribution in [0.5, 0.6) is 5.75 Å². The van der Waals surface area contributed by atoms with Crippen molar-refractivity contribution in [2.45, 2.75) is 46.1 Å². The molecule has 0 aliphatic rings. The van der Waals surface area contributed by atoms with Crippen LogP contribution in [0.25, 0.3) is 0 Å². The predicted molar refractivity (Wildman–Crippen MR) is 83.5 cm³/mol. The van der Waals surface area contributed by atoms with Gasteiger partial charge in [-0.15, -0.1) is 0 Å². The van der Waals surface area contributed by atoms with Crippen LogP contribution in [0.15, 0.2) is 29.4 Å². The first-order valence-electron chi connectivity index (χ1n) is 7.27. The van der Waals surface area contributed by atoms with Gasteiger partial charge < -0.3 is 9.84 Å². The second-order valence-electron chi connectivity index (χ2n) is 4.83. The Bertz CT molecular complexity index is 491. The van der Waals surface area contributed by atoms with Gasteiger partial charge in [0.05, 0.1) is 12.3 Å². The van der Waals surface area contributed by atoms with E-state index in [1.54, 1.807) is 20.8 Å². The monoisotopic (exact) mass is 292 g/mol. The van der Waals surface area contributed by atoms with Crippen LogP contribution < -0.4 is 10.2 Å². The van der Waals surface area contributed by atoms with Crippen LogP contribution in [-0.4, -0.2) is 28.9 Å². The average molecular weight is 292 g/mol. The van der Waals surface area contributed by atoms with Gasteiger partial charge in [0.25, 0.3) is 5.91 Å². The highest BCUT2D eigenvalue weighted by atomic mass is 16.5. The number of hydrogen-bond donors (Lipinski definition) is 2. The first-order chi connectivity index (χ1) is 9.96. The zero-order valence-corrected chi connectivity index (χ0v) is 13.1. The van der Waals surface area contributed by atoms with Gasteiger partial charge in [0.1, 0.15) is 11.4 Å². The molecule has 0 unspecified atom stereocenters. The Balaban J connectivity index is 2.74. The second-order valence-corrected chi connectivity index (χ2v) is 4.83. The lowest BCUT2D eigenvalue weighted by Crippen LogP contribution is -2.44. The molecule has 1 aromatic rings. The highest BCUT2D eigenvalue weighted by Crippen LogP contribution is 2.15. The zero-order chi connectivity index (χ0) is 15.9. The molecule has 0 aliphatic heterocycles. The van der Waals surface area contributed by atoms with E-state index in [9.17, 15) is 9.90 Å². The van der Waals surface area contributed by atoms with Crippen molar-refractivity contribution in [2.24, 2.45) is 5.10 Å². The fourth-order valence-electron chi connectivity index (χ4n) is 1.83. The lowest BCUT2D eigenvalue weighted by atomic mass is 9.97. The topological polar surface area (TPSA) is 70.9 Å². The number of nitrogens with zero attached hydrogens (tertiary/aromatic N) is 1. The summed E-state index contributed by atoms with van der Waals surface area (Å²) in [5.41, 5.74) is 2.62. The summed E-state index contributed by atoms with van der Waals surface area (Å²) in [5, 5.41) is 14.1. The molecule has 2 N–H and O–H groups in total. The fraction of sp³-hybridized carbons (Fsp3) is 0.500. The molecule has 0 heterocycles. The highest BCUT2D eigenvalue weighted by molar-refractivity contribution is 5.99. The molecular formula is C16H24N2O3. The van der Waals surface area contributed by atoms with Gasteiger partial charge in [0.15, 0.2) is 0 Å². The number of carbonyl (C=O) groups excluding carboxylic acids is 1. The minimum atomic E-state index is -1.36. The van der Waals surface area contributed by atoms with Gasteiger partial charge in [-0.25, -0.2) is 5.43 Å². The molecule has 21 heavy (non-hydrogen) atoms. The molecule has 0 spiro atoms. The molecule has 0 atom stereocenters. The fourth-order valence-corrected chi connectivity index (χ4v) is 1.83. The minimum Gasteiger partial charge on any atom is -0.494 e. The van der Waals surface area contributed by atoms with E-state index in [-0.39, 0.29) is 0 Å². The number of amides is 1. The quantitative estimate of drug-likeness (QED) is 0.599. The lowest BCUT2D eigenvalue weighted by Gasteiger charge is -2.22. The van der Waals surface area contributed by atoms with Gasteiger partial charge >= 0.3 is 0 Å². The van der Waals surface area contributed by atoms with Gasteiger partial charge in [-0.3, -0.25) is 4.79 Å². The van der Waals surface area contributed by atoms with E-state index in [1.807, 2.05) is 31.2 Å². The third kappa shape index (κ3) is 4.56. The van der Waals surface area contributed by atoms with Gasteiger partial charge in [-0.2, -0.15) is 5.10 Å². The van der Waals surface area contributed by atoms with E-state index in [0.717, 1.165) is 11.3 Å². The number of benzene rings is 1. The van der Waals surface area contributed by atoms with Gasteiger partial charge in [-0.05, 0) is 56.5 Å². The molecule has 0 bridgehead atoms. The maximum atomic E-state index is 11.9. The molecule has 0 fully saturated rings. The molecule has 0 saturated heterocycles. The first-order valence-corrected chi connectivity index (χ1v) is 7.27. The number of hydrogen-bond acceptors (Lipinski definition) is 4. The number of nitrogens with one attached hydrogen (secondary N) is 1. The Kier molecular flexibility index (Phi) is 6.37. The second kappa shape index (κ2) is 7.78. The predicted octanol–water partition coefficient (Wildman–Crippen LogP) is 2.48. The SMILES string of the molecule is CCOc1ccc(/C(C)=N/NC(=O)C(O)(CC)CC)cc1. The molecule has 1 amide bonds. The number of rotatable bonds is 7. The molecule has 5 nitrogen and oxygen atoms in total. The molecule has 1 rings (SSSR count). The minimum absolute atomic E-state index is 0.354. The van der Waals surface area contributed by atoms with Crippen molar-refractivity contribution in [3.8, 4) is 5.75 Å². The van der Waals surface area contributed by atoms with E-state index in [0.29, 0.717) is 25.2 Å². The highest BCUT2D eigenvalue weighted by Gasteiger charge is 2.31. The smallest absolute Gasteiger partial charge is 0.271 e. The van der Waals surface area contributed by atoms with Crippen molar-refractivity contribution in [1.29, 1.82) is 0 Å². The normalized spacial score (nSPS) is 12.1. The Labute approximate surface area is 126 Å². The van der Waals surface area contributed by atoms with E-state index in [4.69, 9.17) is 4.74 Å². The molecule has 0 aromatic heterocycles. The summed E-state index contributed by atoms with van der Waals surface area (Å²) in [6, 6.07) is 7.46. The van der Waals surface area contributed by atoms with Crippen LogP contribution in [0.1, 0.15) is 46.1 Å². The summed E-state index contributed by atoms with van der Waals surface area (Å²) in [6.07, 6.45) is 0.708. The van der Waals surface area contributed by atoms with E-state index < -0.39 is 11.5 Å². The number of aliphatic hydroxyl groups is 1. The Hall–Kier alpha value is -1.88. The Morgan fingerprint density at radius 2 is 1.81 bits per heavy atom. The van der Waals surface area contributed by atoms with Gasteiger partial charge in [0.2, 0.25) is 0 Å². The van der Waals surface area contributed by atoms with Crippen LogP contribution in [-0.2, 0) is 4.79 Å². The Morgan fingerprint density at radius 3 is 2.29 bits per heavy atom. The van der Waals surface area contributed by atoms with Crippen molar-refractivity contribution in [3.05, 3.63) is 29.8 Å². The van der Waals surface area contributed by atoms with Crippen molar-refractivity contribution in [2.75, 3.05) is 6.61 Å². The summed E-state index contributed by atoms with van der Waals surface area (Å²) < 4.78 is 5.37. The molecular weight excluding hydrogens is 268 g/mol. The largest absolute Gasteiger partial charge is 0.494 e. The third-order valence-corrected chi connectivity index (χ3v) is 3.50. The van der Waals surface area contributed by atoms with Crippen molar-refractivity contribution >= 4 is 11.6 Å². The van der Waals surface area contributed by atoms with Gasteiger partial charge in [0, 0.05) is 0 Å². The summed E-state index contributed by atoms with van der Waals surface area (Å²) in [7, 11) is 0. The van der Waals surface area contributed by atoms with Crippen LogP contribution in [0.2, 0.25) is 0 Å². The summed E-state index contributed by atoms with van der Waals surface area (Å²) in [5.74, 6) is 0.321. The molecule has 0 radical (unpaired) electrons. The number of ether oxygens (including phenoxy) is 1. The molecule has 0 saturated carbocycles. The summed E-state index contributed by atoms with van der Waals surface area (Å²) >= 11 is 0. The summed E-state index contributed by atoms with van der Waals surface area (Å²) in [6.45, 7) is 7.89. The van der Waals surface area contributed by atoms with E-state index in [2.05, 4.69) is 10.5 Å². The molecule has 0 aliphatic carbocycles. The third-order valence-electron chi connectivity index (χ3n) is 3.50. The molecule has 1 aromatic carbocycles. The van der Waals surface area contributed by atoms with Crippen molar-refractivity contribution < 1.29 is 14.6 Å². The molecule has 5 heteroatoms. The van der Waals surface area contributed by atoms with Crippen LogP contribution >= 0.6 is 0 Å². The van der Waals surface area contributed by atoms with Crippen LogP contribution in [0.3, 0.4) is 0 Å². The zero-order valence-electron chi connectivity index (χ0n) is 13.1. The first kappa shape index (κ1) is 17.2. The standard InChI is InChI=1S/C16H24N2O3/c1-5-16(20,6-2)15(19)18-17-12(4)13-8-10-14(11-9-13)21-7-3/h8-11,20H,5-7H2,1-4H3,(H,18,19)/b17-12+. The average Bonchev–Trinajstić information content (AvgIpc) is 2.52. The van der Waals surface area contributed by atoms with Crippen LogP contribution in [0, 0.1) is 0 Å². The maximum Gasteiger partial charge on any atom is 0.271 e. The molecule has 116 valence electrons. The van der Waals surface area contributed by atoms with E-state index >= 15 is 0 Å². The summed E-state index contributed by atoms with van der Waals surface area (Å²) in [4.78, 5) is 11.9. The number of hydrazone groups is 1. The lowest BCUT2D eigenvalue weighted by molar-refractivity contribution is -0.140.